The van der Waals surface area contributed by atoms with Crippen LogP contribution in [0.3, 0.4) is 0 Å². The molecular formula is C34H40FN3O4. The Hall–Kier alpha value is -3.65. The lowest BCUT2D eigenvalue weighted by Crippen LogP contribution is -2.15. The van der Waals surface area contributed by atoms with Crippen molar-refractivity contribution in [1.82, 2.24) is 14.3 Å². The first-order valence-corrected chi connectivity index (χ1v) is 15.3. The highest BCUT2D eigenvalue weighted by atomic mass is 19.1. The number of halogens is 1. The molecule has 0 amide bonds. The highest BCUT2D eigenvalue weighted by Gasteiger charge is 2.30. The fourth-order valence-corrected chi connectivity index (χ4v) is 6.70. The number of carbonyl (C=O) groups is 1. The zero-order valence-electron chi connectivity index (χ0n) is 24.9. The van der Waals surface area contributed by atoms with E-state index in [4.69, 9.17) is 14.2 Å². The largest absolute Gasteiger partial charge is 0.493 e. The van der Waals surface area contributed by atoms with Crippen molar-refractivity contribution in [3.63, 3.8) is 0 Å². The number of aromatic nitrogens is 3. The number of esters is 1. The van der Waals surface area contributed by atoms with Crippen molar-refractivity contribution in [3.05, 3.63) is 69.9 Å². The summed E-state index contributed by atoms with van der Waals surface area (Å²) in [6, 6.07) is 9.69. The Balaban J connectivity index is 1.43. The molecule has 0 spiro atoms. The number of hydrogen-bond acceptors (Lipinski definition) is 5. The third-order valence-electron chi connectivity index (χ3n) is 8.74. The van der Waals surface area contributed by atoms with Crippen molar-refractivity contribution in [2.75, 3.05) is 19.8 Å². The van der Waals surface area contributed by atoms with E-state index in [0.717, 1.165) is 59.2 Å². The van der Waals surface area contributed by atoms with Crippen LogP contribution in [-0.4, -0.2) is 40.1 Å². The van der Waals surface area contributed by atoms with Gasteiger partial charge < -0.3 is 18.8 Å². The van der Waals surface area contributed by atoms with Gasteiger partial charge in [0.05, 0.1) is 31.0 Å². The first-order chi connectivity index (χ1) is 20.5. The van der Waals surface area contributed by atoms with Gasteiger partial charge in [0, 0.05) is 42.4 Å². The van der Waals surface area contributed by atoms with E-state index in [1.165, 1.54) is 30.0 Å². The van der Waals surface area contributed by atoms with E-state index in [2.05, 4.69) is 23.3 Å². The van der Waals surface area contributed by atoms with Crippen LogP contribution < -0.4 is 4.74 Å². The monoisotopic (exact) mass is 573 g/mol. The van der Waals surface area contributed by atoms with Gasteiger partial charge in [-0.1, -0.05) is 12.1 Å². The Morgan fingerprint density at radius 3 is 2.81 bits per heavy atom. The van der Waals surface area contributed by atoms with Crippen LogP contribution in [0.5, 0.6) is 5.75 Å². The van der Waals surface area contributed by atoms with Crippen LogP contribution in [0.2, 0.25) is 0 Å². The van der Waals surface area contributed by atoms with Crippen LogP contribution >= 0.6 is 0 Å². The van der Waals surface area contributed by atoms with E-state index in [1.807, 2.05) is 31.5 Å². The lowest BCUT2D eigenvalue weighted by atomic mass is 9.91. The molecule has 0 saturated carbocycles. The van der Waals surface area contributed by atoms with Gasteiger partial charge in [0.2, 0.25) is 0 Å². The Labute approximate surface area is 246 Å². The summed E-state index contributed by atoms with van der Waals surface area (Å²) in [6.45, 7) is 6.00. The van der Waals surface area contributed by atoms with Crippen molar-refractivity contribution < 1.29 is 23.4 Å². The maximum Gasteiger partial charge on any atom is 0.355 e. The average molecular weight is 574 g/mol. The molecule has 4 aromatic rings. The van der Waals surface area contributed by atoms with Crippen LogP contribution in [0.25, 0.3) is 22.0 Å². The SMILES string of the molecule is CCOC(=O)c1c(CCCOc2cccc3c2CCCC3)c2ccc(F)c3c2n1CCCCOCc1nn(C)c(C)c1-3. The van der Waals surface area contributed by atoms with Gasteiger partial charge in [0.25, 0.3) is 0 Å². The Bertz CT molecular complexity index is 1620. The predicted molar refractivity (Wildman–Crippen MR) is 161 cm³/mol. The van der Waals surface area contributed by atoms with Crippen molar-refractivity contribution in [2.45, 2.75) is 78.4 Å². The average Bonchev–Trinajstić information content (AvgIpc) is 3.44. The van der Waals surface area contributed by atoms with E-state index in [1.54, 1.807) is 4.68 Å². The maximum atomic E-state index is 15.9. The molecule has 3 heterocycles. The van der Waals surface area contributed by atoms with Gasteiger partial charge in [0.1, 0.15) is 17.3 Å². The fourth-order valence-electron chi connectivity index (χ4n) is 6.70. The van der Waals surface area contributed by atoms with E-state index < -0.39 is 0 Å². The lowest BCUT2D eigenvalue weighted by Gasteiger charge is -2.19. The molecule has 1 aliphatic carbocycles. The molecule has 0 radical (unpaired) electrons. The molecule has 0 atom stereocenters. The highest BCUT2D eigenvalue weighted by Crippen LogP contribution is 2.40. The highest BCUT2D eigenvalue weighted by molar-refractivity contribution is 6.05. The van der Waals surface area contributed by atoms with Crippen molar-refractivity contribution in [3.8, 4) is 16.9 Å². The molecule has 0 saturated heterocycles. The van der Waals surface area contributed by atoms with E-state index >= 15 is 4.39 Å². The van der Waals surface area contributed by atoms with Gasteiger partial charge >= 0.3 is 5.97 Å². The second-order valence-corrected chi connectivity index (χ2v) is 11.4. The van der Waals surface area contributed by atoms with Gasteiger partial charge in [-0.25, -0.2) is 9.18 Å². The minimum Gasteiger partial charge on any atom is -0.493 e. The standard InChI is InChI=1S/C34H40FN3O4/c1-4-41-34(39)33-25(14-10-20-42-29-15-9-12-23-11-5-6-13-24(23)29)26-16-17-27(35)31-30-22(2)37(3)36-28(30)21-40-19-8-7-18-38(33)32(26)31/h9,12,15-17H,4-8,10-11,13-14,18-21H2,1-3H3. The second kappa shape index (κ2) is 12.3. The molecule has 2 aromatic heterocycles. The molecule has 1 aliphatic heterocycles. The molecule has 222 valence electrons. The number of nitrogens with zero attached hydrogens (tertiary/aromatic N) is 3. The topological polar surface area (TPSA) is 67.5 Å². The molecule has 8 heteroatoms. The number of ether oxygens (including phenoxy) is 3. The fraction of sp³-hybridized carbons (Fsp3) is 0.471. The third-order valence-corrected chi connectivity index (χ3v) is 8.74. The summed E-state index contributed by atoms with van der Waals surface area (Å²) in [7, 11) is 1.87. The lowest BCUT2D eigenvalue weighted by molar-refractivity contribution is 0.0512. The summed E-state index contributed by atoms with van der Waals surface area (Å²) >= 11 is 0. The molecule has 0 bridgehead atoms. The van der Waals surface area contributed by atoms with E-state index in [0.29, 0.717) is 56.2 Å². The van der Waals surface area contributed by atoms with E-state index in [9.17, 15) is 4.79 Å². The number of benzene rings is 2. The summed E-state index contributed by atoms with van der Waals surface area (Å²) in [5.74, 6) is 0.264. The summed E-state index contributed by atoms with van der Waals surface area (Å²) in [5, 5.41) is 5.55. The number of carbonyl (C=O) groups excluding carboxylic acids is 1. The smallest absolute Gasteiger partial charge is 0.355 e. The molecule has 6 rings (SSSR count). The second-order valence-electron chi connectivity index (χ2n) is 11.4. The molecule has 2 aliphatic rings. The Morgan fingerprint density at radius 1 is 1.10 bits per heavy atom. The molecule has 2 aromatic carbocycles. The zero-order valence-corrected chi connectivity index (χ0v) is 24.9. The van der Waals surface area contributed by atoms with Gasteiger partial charge in [-0.3, -0.25) is 4.68 Å². The zero-order chi connectivity index (χ0) is 29.2. The van der Waals surface area contributed by atoms with Crippen molar-refractivity contribution in [2.24, 2.45) is 7.05 Å². The minimum absolute atomic E-state index is 0.267. The van der Waals surface area contributed by atoms with Crippen LogP contribution in [0.1, 0.15) is 77.6 Å². The van der Waals surface area contributed by atoms with Crippen LogP contribution in [-0.2, 0) is 48.9 Å². The first-order valence-electron chi connectivity index (χ1n) is 15.3. The number of rotatable bonds is 7. The Morgan fingerprint density at radius 2 is 1.95 bits per heavy atom. The van der Waals surface area contributed by atoms with Gasteiger partial charge in [-0.2, -0.15) is 5.10 Å². The molecule has 0 unspecified atom stereocenters. The quantitative estimate of drug-likeness (QED) is 0.178. The molecule has 0 N–H and O–H groups in total. The minimum atomic E-state index is -0.373. The van der Waals surface area contributed by atoms with Crippen LogP contribution in [0.15, 0.2) is 30.3 Å². The third kappa shape index (κ3) is 5.21. The number of aryl methyl sites for hydroxylation is 4. The maximum absolute atomic E-state index is 15.9. The number of fused-ring (bicyclic) bond motifs is 3. The van der Waals surface area contributed by atoms with Crippen molar-refractivity contribution >= 4 is 16.9 Å². The number of hydrogen-bond donors (Lipinski definition) is 0. The van der Waals surface area contributed by atoms with Crippen LogP contribution in [0.4, 0.5) is 4.39 Å². The van der Waals surface area contributed by atoms with Gasteiger partial charge in [-0.05, 0) is 100 Å². The van der Waals surface area contributed by atoms with Gasteiger partial charge in [0.15, 0.2) is 0 Å². The first kappa shape index (κ1) is 28.5. The predicted octanol–water partition coefficient (Wildman–Crippen LogP) is 6.87. The Kier molecular flexibility index (Phi) is 8.34. The normalized spacial score (nSPS) is 15.1. The van der Waals surface area contributed by atoms with Crippen LogP contribution in [0, 0.1) is 12.7 Å². The molecular weight excluding hydrogens is 533 g/mol. The molecule has 7 nitrogen and oxygen atoms in total. The summed E-state index contributed by atoms with van der Waals surface area (Å²) in [5.41, 5.74) is 7.62. The van der Waals surface area contributed by atoms with Gasteiger partial charge in [-0.15, -0.1) is 0 Å². The van der Waals surface area contributed by atoms with E-state index in [-0.39, 0.29) is 18.4 Å². The van der Waals surface area contributed by atoms with Crippen molar-refractivity contribution in [1.29, 1.82) is 0 Å². The summed E-state index contributed by atoms with van der Waals surface area (Å²) < 4.78 is 37.6. The summed E-state index contributed by atoms with van der Waals surface area (Å²) in [6.07, 6.45) is 7.52. The summed E-state index contributed by atoms with van der Waals surface area (Å²) in [4.78, 5) is 13.6. The molecule has 0 fully saturated rings. The molecule has 42 heavy (non-hydrogen) atoms.